The minimum Gasteiger partial charge on any atom is -0.497 e. The standard InChI is InChI=1S/C37H36F6N4O5/c1-3-51-32-19-34(52-21-23-4-8-29(50-2)9-5-23)45-20-30(32)24-6-7-25(31(38)16-24)17-33(48)46-28-15-26(14-27(18-28)37(41,42)43)35(49)44-11-13-47-12-10-36(39,40)22-47/h4-9,14-16,18-20H,3,10-13,17,21-22H2,1-2H3,(H,44,49)(H,46,48). The molecule has 1 aromatic heterocycles. The van der Waals surface area contributed by atoms with Crippen molar-refractivity contribution in [1.82, 2.24) is 15.2 Å². The Morgan fingerprint density at radius 3 is 2.42 bits per heavy atom. The van der Waals surface area contributed by atoms with Crippen molar-refractivity contribution in [3.63, 3.8) is 0 Å². The molecule has 2 heterocycles. The summed E-state index contributed by atoms with van der Waals surface area (Å²) in [6, 6.07) is 15.4. The number of rotatable bonds is 14. The van der Waals surface area contributed by atoms with Crippen LogP contribution in [0.3, 0.4) is 0 Å². The molecule has 2 N–H and O–H groups in total. The normalized spacial score (nSPS) is 14.2. The highest BCUT2D eigenvalue weighted by atomic mass is 19.4. The van der Waals surface area contributed by atoms with Crippen molar-refractivity contribution in [1.29, 1.82) is 0 Å². The van der Waals surface area contributed by atoms with Crippen molar-refractivity contribution >= 4 is 17.5 Å². The summed E-state index contributed by atoms with van der Waals surface area (Å²) in [5.41, 5.74) is -0.226. The van der Waals surface area contributed by atoms with Crippen LogP contribution in [0, 0.1) is 5.82 Å². The van der Waals surface area contributed by atoms with Crippen LogP contribution < -0.4 is 24.8 Å². The lowest BCUT2D eigenvalue weighted by Crippen LogP contribution is -2.35. The summed E-state index contributed by atoms with van der Waals surface area (Å²) < 4.78 is 100.0. The maximum atomic E-state index is 15.3. The number of nitrogens with one attached hydrogen (secondary N) is 2. The smallest absolute Gasteiger partial charge is 0.416 e. The number of nitrogens with zero attached hydrogens (tertiary/aromatic N) is 2. The molecular formula is C37H36F6N4O5. The first-order valence-corrected chi connectivity index (χ1v) is 16.3. The van der Waals surface area contributed by atoms with E-state index in [0.29, 0.717) is 41.4 Å². The Bertz CT molecular complexity index is 1890. The van der Waals surface area contributed by atoms with E-state index in [1.807, 2.05) is 12.1 Å². The third-order valence-corrected chi connectivity index (χ3v) is 8.17. The molecule has 0 spiro atoms. The number of ether oxygens (including phenoxy) is 3. The number of carbonyl (C=O) groups is 2. The maximum Gasteiger partial charge on any atom is 0.416 e. The average Bonchev–Trinajstić information content (AvgIpc) is 3.46. The van der Waals surface area contributed by atoms with Crippen molar-refractivity contribution in [2.75, 3.05) is 45.2 Å². The van der Waals surface area contributed by atoms with Gasteiger partial charge in [-0.3, -0.25) is 14.5 Å². The van der Waals surface area contributed by atoms with Crippen LogP contribution in [0.25, 0.3) is 11.1 Å². The van der Waals surface area contributed by atoms with Gasteiger partial charge in [0.15, 0.2) is 0 Å². The van der Waals surface area contributed by atoms with Crippen molar-refractivity contribution in [3.8, 4) is 28.5 Å². The first kappa shape index (κ1) is 37.9. The summed E-state index contributed by atoms with van der Waals surface area (Å²) in [5, 5.41) is 4.75. The maximum absolute atomic E-state index is 15.3. The second kappa shape index (κ2) is 16.4. The number of aromatic nitrogens is 1. The van der Waals surface area contributed by atoms with Gasteiger partial charge < -0.3 is 24.8 Å². The second-order valence-corrected chi connectivity index (χ2v) is 12.1. The zero-order chi connectivity index (χ0) is 37.5. The number of likely N-dealkylation sites (tertiary alicyclic amines) is 1. The molecule has 5 rings (SSSR count). The van der Waals surface area contributed by atoms with E-state index in [9.17, 15) is 31.5 Å². The van der Waals surface area contributed by atoms with E-state index in [1.54, 1.807) is 38.3 Å². The Morgan fingerprint density at radius 1 is 1.00 bits per heavy atom. The number of methoxy groups -OCH3 is 1. The molecule has 0 aliphatic carbocycles. The number of hydrogen-bond donors (Lipinski definition) is 2. The fourth-order valence-corrected chi connectivity index (χ4v) is 5.53. The summed E-state index contributed by atoms with van der Waals surface area (Å²) in [6.45, 7) is 1.99. The zero-order valence-electron chi connectivity index (χ0n) is 28.3. The molecule has 1 saturated heterocycles. The van der Waals surface area contributed by atoms with Crippen LogP contribution in [0.2, 0.25) is 0 Å². The van der Waals surface area contributed by atoms with Crippen LogP contribution in [0.1, 0.15) is 40.4 Å². The topological polar surface area (TPSA) is 102 Å². The quantitative estimate of drug-likeness (QED) is 0.133. The summed E-state index contributed by atoms with van der Waals surface area (Å²) in [5.74, 6) is -3.92. The van der Waals surface area contributed by atoms with Gasteiger partial charge in [-0.25, -0.2) is 18.2 Å². The number of carbonyl (C=O) groups excluding carboxylic acids is 2. The Hall–Kier alpha value is -5.31. The summed E-state index contributed by atoms with van der Waals surface area (Å²) in [4.78, 5) is 31.4. The third kappa shape index (κ3) is 10.1. The summed E-state index contributed by atoms with van der Waals surface area (Å²) in [6.07, 6.45) is -4.22. The van der Waals surface area contributed by atoms with Gasteiger partial charge in [-0.15, -0.1) is 0 Å². The van der Waals surface area contributed by atoms with Crippen LogP contribution in [0.15, 0.2) is 72.9 Å². The van der Waals surface area contributed by atoms with E-state index in [0.717, 1.165) is 11.6 Å². The SMILES string of the molecule is CCOc1cc(OCc2ccc(OC)cc2)ncc1-c1ccc(CC(=O)Nc2cc(C(=O)NCCN3CCC(F)(F)C3)cc(C(F)(F)F)c2)c(F)c1. The molecule has 1 aliphatic rings. The molecule has 1 aliphatic heterocycles. The van der Waals surface area contributed by atoms with Gasteiger partial charge in [0, 0.05) is 55.1 Å². The highest BCUT2D eigenvalue weighted by Crippen LogP contribution is 2.34. The van der Waals surface area contributed by atoms with Gasteiger partial charge in [-0.05, 0) is 60.0 Å². The van der Waals surface area contributed by atoms with Crippen LogP contribution in [-0.4, -0.2) is 67.5 Å². The lowest BCUT2D eigenvalue weighted by Gasteiger charge is -2.16. The third-order valence-electron chi connectivity index (χ3n) is 8.17. The van der Waals surface area contributed by atoms with Gasteiger partial charge in [0.25, 0.3) is 11.8 Å². The molecule has 15 heteroatoms. The summed E-state index contributed by atoms with van der Waals surface area (Å²) in [7, 11) is 1.57. The largest absolute Gasteiger partial charge is 0.497 e. The van der Waals surface area contributed by atoms with Gasteiger partial charge >= 0.3 is 6.18 Å². The van der Waals surface area contributed by atoms with E-state index in [4.69, 9.17) is 14.2 Å². The fourth-order valence-electron chi connectivity index (χ4n) is 5.53. The Labute approximate surface area is 295 Å². The molecule has 4 aromatic rings. The van der Waals surface area contributed by atoms with Crippen LogP contribution in [0.4, 0.5) is 32.0 Å². The molecule has 0 bridgehead atoms. The molecule has 0 saturated carbocycles. The van der Waals surface area contributed by atoms with E-state index >= 15 is 4.39 Å². The molecule has 9 nitrogen and oxygen atoms in total. The van der Waals surface area contributed by atoms with Crippen molar-refractivity contribution < 1.29 is 50.1 Å². The fraction of sp³-hybridized carbons (Fsp3) is 0.324. The first-order chi connectivity index (χ1) is 24.7. The Balaban J connectivity index is 1.24. The van der Waals surface area contributed by atoms with Crippen LogP contribution in [0.5, 0.6) is 17.4 Å². The lowest BCUT2D eigenvalue weighted by atomic mass is 10.0. The van der Waals surface area contributed by atoms with Crippen LogP contribution >= 0.6 is 0 Å². The van der Waals surface area contributed by atoms with Crippen LogP contribution in [-0.2, 0) is 24.0 Å². The lowest BCUT2D eigenvalue weighted by molar-refractivity contribution is -0.137. The molecule has 1 fully saturated rings. The number of pyridine rings is 1. The van der Waals surface area contributed by atoms with Gasteiger partial charge in [-0.1, -0.05) is 24.3 Å². The molecule has 0 atom stereocenters. The Kier molecular flexibility index (Phi) is 11.9. The first-order valence-electron chi connectivity index (χ1n) is 16.3. The number of anilines is 1. The van der Waals surface area contributed by atoms with E-state index < -0.39 is 53.8 Å². The number of alkyl halides is 5. The highest BCUT2D eigenvalue weighted by Gasteiger charge is 2.38. The monoisotopic (exact) mass is 730 g/mol. The minimum absolute atomic E-state index is 0.0379. The number of hydrogen-bond acceptors (Lipinski definition) is 7. The predicted octanol–water partition coefficient (Wildman–Crippen LogP) is 7.14. The number of amides is 2. The summed E-state index contributed by atoms with van der Waals surface area (Å²) >= 11 is 0. The second-order valence-electron chi connectivity index (χ2n) is 12.1. The molecule has 0 unspecified atom stereocenters. The van der Waals surface area contributed by atoms with Crippen molar-refractivity contribution in [2.24, 2.45) is 0 Å². The highest BCUT2D eigenvalue weighted by molar-refractivity contribution is 5.98. The minimum atomic E-state index is -4.85. The van der Waals surface area contributed by atoms with Gasteiger partial charge in [0.1, 0.15) is 23.9 Å². The average molecular weight is 731 g/mol. The van der Waals surface area contributed by atoms with Crippen molar-refractivity contribution in [2.45, 2.75) is 38.5 Å². The zero-order valence-corrected chi connectivity index (χ0v) is 28.3. The van der Waals surface area contributed by atoms with Crippen molar-refractivity contribution in [3.05, 3.63) is 101 Å². The van der Waals surface area contributed by atoms with E-state index in [-0.39, 0.29) is 49.8 Å². The molecule has 2 amide bonds. The molecule has 3 aromatic carbocycles. The number of benzene rings is 3. The molecular weight excluding hydrogens is 694 g/mol. The van der Waals surface area contributed by atoms with E-state index in [2.05, 4.69) is 15.6 Å². The number of halogens is 6. The van der Waals surface area contributed by atoms with Gasteiger partial charge in [0.05, 0.1) is 32.2 Å². The van der Waals surface area contributed by atoms with Gasteiger partial charge in [-0.2, -0.15) is 13.2 Å². The predicted molar refractivity (Wildman–Crippen MR) is 180 cm³/mol. The molecule has 276 valence electrons. The van der Waals surface area contributed by atoms with Gasteiger partial charge in [0.2, 0.25) is 11.8 Å². The molecule has 52 heavy (non-hydrogen) atoms. The molecule has 0 radical (unpaired) electrons. The van der Waals surface area contributed by atoms with E-state index in [1.165, 1.54) is 23.2 Å². The Morgan fingerprint density at radius 2 is 1.77 bits per heavy atom.